The summed E-state index contributed by atoms with van der Waals surface area (Å²) in [7, 11) is -0.829. The summed E-state index contributed by atoms with van der Waals surface area (Å²) in [5, 5.41) is 2.71. The summed E-state index contributed by atoms with van der Waals surface area (Å²) < 4.78 is 37.0. The van der Waals surface area contributed by atoms with Gasteiger partial charge in [0.1, 0.15) is 0 Å². The third-order valence-electron chi connectivity index (χ3n) is 3.26. The molecule has 0 bridgehead atoms. The molecular formula is C15H26ClN3O5S. The lowest BCUT2D eigenvalue weighted by atomic mass is 10.3. The van der Waals surface area contributed by atoms with E-state index in [9.17, 15) is 13.2 Å². The van der Waals surface area contributed by atoms with Crippen LogP contribution in [-0.4, -0.2) is 48.2 Å². The van der Waals surface area contributed by atoms with Crippen LogP contribution in [0.5, 0.6) is 11.5 Å². The third-order valence-corrected chi connectivity index (χ3v) is 4.72. The van der Waals surface area contributed by atoms with Crippen molar-refractivity contribution in [3.05, 3.63) is 18.2 Å². The summed E-state index contributed by atoms with van der Waals surface area (Å²) >= 11 is 0. The summed E-state index contributed by atoms with van der Waals surface area (Å²) in [5.74, 6) is 0.549. The van der Waals surface area contributed by atoms with Crippen molar-refractivity contribution < 1.29 is 22.7 Å². The highest BCUT2D eigenvalue weighted by Gasteiger charge is 2.17. The zero-order chi connectivity index (χ0) is 18.0. The number of unbranched alkanes of at least 4 members (excludes halogenated alkanes) is 1. The second-order valence-corrected chi connectivity index (χ2v) is 6.78. The standard InChI is InChI=1S/C15H25N3O5S.ClH/c1-22-13-6-5-12(11-14(13)23-2)24(20,21)18-10-7-15(19)17-9-4-3-8-16;/h5-6,11,18H,3-4,7-10,16H2,1-2H3,(H,17,19);1H. The molecule has 0 spiro atoms. The summed E-state index contributed by atoms with van der Waals surface area (Å²) in [6, 6.07) is 4.29. The van der Waals surface area contributed by atoms with Crippen LogP contribution in [-0.2, 0) is 14.8 Å². The Morgan fingerprint density at radius 2 is 1.80 bits per heavy atom. The molecule has 0 aliphatic carbocycles. The number of carbonyl (C=O) groups is 1. The van der Waals surface area contributed by atoms with Gasteiger partial charge in [-0.15, -0.1) is 12.4 Å². The summed E-state index contributed by atoms with van der Waals surface area (Å²) in [5.41, 5.74) is 5.36. The Balaban J connectivity index is 0.00000576. The number of nitrogens with two attached hydrogens (primary N) is 1. The highest BCUT2D eigenvalue weighted by atomic mass is 35.5. The maximum Gasteiger partial charge on any atom is 0.240 e. The molecule has 1 aromatic carbocycles. The number of ether oxygens (including phenoxy) is 2. The number of nitrogens with one attached hydrogen (secondary N) is 2. The second-order valence-electron chi connectivity index (χ2n) is 5.01. The van der Waals surface area contributed by atoms with E-state index < -0.39 is 10.0 Å². The van der Waals surface area contributed by atoms with Crippen LogP contribution in [0.3, 0.4) is 0 Å². The van der Waals surface area contributed by atoms with Gasteiger partial charge in [0.05, 0.1) is 19.1 Å². The molecule has 4 N–H and O–H groups in total. The second kappa shape index (κ2) is 11.9. The molecule has 0 saturated heterocycles. The van der Waals surface area contributed by atoms with Crippen LogP contribution < -0.4 is 25.2 Å². The van der Waals surface area contributed by atoms with E-state index in [1.54, 1.807) is 0 Å². The highest BCUT2D eigenvalue weighted by Crippen LogP contribution is 2.29. The Bertz CT molecular complexity index is 640. The normalized spacial score (nSPS) is 10.7. The van der Waals surface area contributed by atoms with Gasteiger partial charge in [0, 0.05) is 25.6 Å². The van der Waals surface area contributed by atoms with Crippen molar-refractivity contribution in [2.24, 2.45) is 5.73 Å². The van der Waals surface area contributed by atoms with Gasteiger partial charge in [-0.25, -0.2) is 13.1 Å². The van der Waals surface area contributed by atoms with Gasteiger partial charge in [-0.3, -0.25) is 4.79 Å². The summed E-state index contributed by atoms with van der Waals surface area (Å²) in [6.07, 6.45) is 1.71. The van der Waals surface area contributed by atoms with Gasteiger partial charge in [-0.1, -0.05) is 0 Å². The predicted octanol–water partition coefficient (Wildman–Crippen LogP) is 0.649. The van der Waals surface area contributed by atoms with E-state index in [1.165, 1.54) is 32.4 Å². The Morgan fingerprint density at radius 1 is 1.12 bits per heavy atom. The van der Waals surface area contributed by atoms with Gasteiger partial charge in [0.15, 0.2) is 11.5 Å². The molecule has 0 heterocycles. The van der Waals surface area contributed by atoms with Gasteiger partial charge in [-0.05, 0) is 31.5 Å². The maximum absolute atomic E-state index is 12.2. The Labute approximate surface area is 154 Å². The molecular weight excluding hydrogens is 370 g/mol. The van der Waals surface area contributed by atoms with Crippen LogP contribution in [0.4, 0.5) is 0 Å². The number of carbonyl (C=O) groups excluding carboxylic acids is 1. The van der Waals surface area contributed by atoms with Crippen molar-refractivity contribution in [1.82, 2.24) is 10.0 Å². The Hall–Kier alpha value is -1.55. The van der Waals surface area contributed by atoms with E-state index in [2.05, 4.69) is 10.0 Å². The van der Waals surface area contributed by atoms with E-state index in [1.807, 2.05) is 0 Å². The van der Waals surface area contributed by atoms with E-state index >= 15 is 0 Å². The topological polar surface area (TPSA) is 120 Å². The lowest BCUT2D eigenvalue weighted by Gasteiger charge is -2.11. The number of hydrogen-bond donors (Lipinski definition) is 3. The van der Waals surface area contributed by atoms with Gasteiger partial charge in [0.2, 0.25) is 15.9 Å². The van der Waals surface area contributed by atoms with Gasteiger partial charge in [0.25, 0.3) is 0 Å². The highest BCUT2D eigenvalue weighted by molar-refractivity contribution is 7.89. The largest absolute Gasteiger partial charge is 0.493 e. The summed E-state index contributed by atoms with van der Waals surface area (Å²) in [4.78, 5) is 11.6. The quantitative estimate of drug-likeness (QED) is 0.473. The average Bonchev–Trinajstić information content (AvgIpc) is 2.57. The SMILES string of the molecule is COc1ccc(S(=O)(=O)NCCC(=O)NCCCCN)cc1OC.Cl. The minimum absolute atomic E-state index is 0. The van der Waals surface area contributed by atoms with Gasteiger partial charge >= 0.3 is 0 Å². The molecule has 0 saturated carbocycles. The molecule has 0 aliphatic rings. The molecule has 10 heteroatoms. The van der Waals surface area contributed by atoms with E-state index in [-0.39, 0.29) is 36.2 Å². The minimum Gasteiger partial charge on any atom is -0.493 e. The Kier molecular flexibility index (Phi) is 11.2. The molecule has 0 fully saturated rings. The van der Waals surface area contributed by atoms with Crippen LogP contribution in [0.1, 0.15) is 19.3 Å². The van der Waals surface area contributed by atoms with Crippen LogP contribution in [0.25, 0.3) is 0 Å². The molecule has 144 valence electrons. The fraction of sp³-hybridized carbons (Fsp3) is 0.533. The maximum atomic E-state index is 12.2. The average molecular weight is 396 g/mol. The van der Waals surface area contributed by atoms with Crippen LogP contribution in [0.15, 0.2) is 23.1 Å². The molecule has 0 radical (unpaired) electrons. The number of halogens is 1. The smallest absolute Gasteiger partial charge is 0.240 e. The molecule has 0 atom stereocenters. The van der Waals surface area contributed by atoms with Crippen molar-refractivity contribution in [3.63, 3.8) is 0 Å². The molecule has 1 rings (SSSR count). The zero-order valence-electron chi connectivity index (χ0n) is 14.4. The van der Waals surface area contributed by atoms with Crippen LogP contribution in [0.2, 0.25) is 0 Å². The van der Waals surface area contributed by atoms with E-state index in [0.717, 1.165) is 12.8 Å². The predicted molar refractivity (Wildman–Crippen MR) is 97.9 cm³/mol. The number of sulfonamides is 1. The molecule has 0 unspecified atom stereocenters. The van der Waals surface area contributed by atoms with E-state index in [4.69, 9.17) is 15.2 Å². The molecule has 1 aromatic rings. The van der Waals surface area contributed by atoms with Crippen LogP contribution in [0, 0.1) is 0 Å². The first-order valence-electron chi connectivity index (χ1n) is 7.63. The van der Waals surface area contributed by atoms with Crippen molar-refractivity contribution >= 4 is 28.3 Å². The number of benzene rings is 1. The molecule has 1 amide bonds. The fourth-order valence-corrected chi connectivity index (χ4v) is 3.00. The molecule has 8 nitrogen and oxygen atoms in total. The van der Waals surface area contributed by atoms with Crippen molar-refractivity contribution in [1.29, 1.82) is 0 Å². The number of hydrogen-bond acceptors (Lipinski definition) is 6. The zero-order valence-corrected chi connectivity index (χ0v) is 16.0. The summed E-state index contributed by atoms with van der Waals surface area (Å²) in [6.45, 7) is 1.14. The first kappa shape index (κ1) is 23.4. The first-order chi connectivity index (χ1) is 11.4. The Morgan fingerprint density at radius 3 is 2.40 bits per heavy atom. The first-order valence-corrected chi connectivity index (χ1v) is 9.11. The lowest BCUT2D eigenvalue weighted by Crippen LogP contribution is -2.31. The van der Waals surface area contributed by atoms with Crippen molar-refractivity contribution in [3.8, 4) is 11.5 Å². The molecule has 25 heavy (non-hydrogen) atoms. The fourth-order valence-electron chi connectivity index (χ4n) is 1.95. The number of rotatable bonds is 11. The lowest BCUT2D eigenvalue weighted by molar-refractivity contribution is -0.120. The molecule has 0 aromatic heterocycles. The van der Waals surface area contributed by atoms with E-state index in [0.29, 0.717) is 24.6 Å². The van der Waals surface area contributed by atoms with Crippen molar-refractivity contribution in [2.75, 3.05) is 33.9 Å². The van der Waals surface area contributed by atoms with Gasteiger partial charge in [-0.2, -0.15) is 0 Å². The minimum atomic E-state index is -3.72. The van der Waals surface area contributed by atoms with Crippen molar-refractivity contribution in [2.45, 2.75) is 24.2 Å². The monoisotopic (exact) mass is 395 g/mol. The third kappa shape index (κ3) is 7.91. The van der Waals surface area contributed by atoms with Crippen LogP contribution >= 0.6 is 12.4 Å². The molecule has 0 aliphatic heterocycles. The van der Waals surface area contributed by atoms with Gasteiger partial charge < -0.3 is 20.5 Å². The number of methoxy groups -OCH3 is 2. The number of amides is 1.